The Bertz CT molecular complexity index is 494. The molecule has 0 spiro atoms. The van der Waals surface area contributed by atoms with Crippen LogP contribution in [0.5, 0.6) is 0 Å². The zero-order valence-electron chi connectivity index (χ0n) is 13.6. The van der Waals surface area contributed by atoms with E-state index < -0.39 is 43.2 Å². The lowest BCUT2D eigenvalue weighted by molar-refractivity contribution is -0.137. The molecule has 0 aromatic heterocycles. The van der Waals surface area contributed by atoms with Crippen LogP contribution in [0.15, 0.2) is 0 Å². The van der Waals surface area contributed by atoms with Crippen LogP contribution >= 0.6 is 7.60 Å². The van der Waals surface area contributed by atoms with Gasteiger partial charge in [0.1, 0.15) is 17.9 Å². The van der Waals surface area contributed by atoms with Crippen molar-refractivity contribution in [2.24, 2.45) is 5.73 Å². The molecule has 0 aliphatic carbocycles. The highest BCUT2D eigenvalue weighted by Crippen LogP contribution is 2.42. The van der Waals surface area contributed by atoms with Crippen molar-refractivity contribution in [3.05, 3.63) is 0 Å². The van der Waals surface area contributed by atoms with Crippen LogP contribution in [0.1, 0.15) is 27.7 Å². The molecular weight excluding hydrogens is 327 g/mol. The maximum atomic E-state index is 12.3. The molecule has 0 saturated carbocycles. The van der Waals surface area contributed by atoms with Gasteiger partial charge in [-0.25, -0.2) is 0 Å². The molecular formula is C12H25N4O6P. The smallest absolute Gasteiger partial charge is 0.343 e. The zero-order chi connectivity index (χ0) is 18.4. The number of nitrogens with zero attached hydrogens (tertiary/aromatic N) is 1. The van der Waals surface area contributed by atoms with Gasteiger partial charge in [-0.15, -0.1) is 0 Å². The first-order valence-electron chi connectivity index (χ1n) is 7.11. The molecule has 0 fully saturated rings. The maximum absolute atomic E-state index is 12.3. The molecule has 0 unspecified atom stereocenters. The molecule has 0 bridgehead atoms. The van der Waals surface area contributed by atoms with Gasteiger partial charge in [-0.2, -0.15) is 0 Å². The second-order valence-electron chi connectivity index (χ2n) is 5.07. The second-order valence-corrected chi connectivity index (χ2v) is 6.99. The summed E-state index contributed by atoms with van der Waals surface area (Å²) >= 11 is 0. The van der Waals surface area contributed by atoms with Crippen LogP contribution < -0.4 is 16.4 Å². The summed E-state index contributed by atoms with van der Waals surface area (Å²) in [6, 6.07) is -1.90. The third-order valence-corrected chi connectivity index (χ3v) is 4.50. The molecule has 134 valence electrons. The molecule has 0 rings (SSSR count). The third-order valence-electron chi connectivity index (χ3n) is 3.25. The van der Waals surface area contributed by atoms with Crippen molar-refractivity contribution in [2.75, 3.05) is 13.1 Å². The summed E-state index contributed by atoms with van der Waals surface area (Å²) in [6.07, 6.45) is 0. The van der Waals surface area contributed by atoms with Gasteiger partial charge >= 0.3 is 7.60 Å². The number of nitrogens with two attached hydrogens (primary N) is 1. The first-order chi connectivity index (χ1) is 10.4. The normalized spacial score (nSPS) is 15.3. The van der Waals surface area contributed by atoms with E-state index in [0.29, 0.717) is 0 Å². The third kappa shape index (κ3) is 6.66. The number of likely N-dealkylation sites (N-methyl/N-ethyl adjacent to an activating group) is 1. The highest BCUT2D eigenvalue weighted by Gasteiger charge is 2.34. The Morgan fingerprint density at radius 2 is 1.65 bits per heavy atom. The summed E-state index contributed by atoms with van der Waals surface area (Å²) in [7, 11) is -4.48. The van der Waals surface area contributed by atoms with E-state index in [1.54, 1.807) is 6.92 Å². The fourth-order valence-corrected chi connectivity index (χ4v) is 2.44. The number of hydrogen-bond donors (Lipinski definition) is 5. The summed E-state index contributed by atoms with van der Waals surface area (Å²) in [6.45, 7) is 5.44. The number of carbonyl (C=O) groups is 3. The van der Waals surface area contributed by atoms with Crippen LogP contribution in [0.2, 0.25) is 0 Å². The molecule has 0 heterocycles. The predicted molar refractivity (Wildman–Crippen MR) is 83.2 cm³/mol. The summed E-state index contributed by atoms with van der Waals surface area (Å²) in [5, 5.41) is 4.73. The van der Waals surface area contributed by atoms with Crippen LogP contribution in [0.3, 0.4) is 0 Å². The summed E-state index contributed by atoms with van der Waals surface area (Å²) in [5.74, 6) is -3.05. The van der Waals surface area contributed by atoms with Crippen LogP contribution in [-0.2, 0) is 18.9 Å². The lowest BCUT2D eigenvalue weighted by atomic mass is 10.2. The van der Waals surface area contributed by atoms with Crippen LogP contribution in [0.4, 0.5) is 0 Å². The minimum atomic E-state index is -4.48. The van der Waals surface area contributed by atoms with Crippen molar-refractivity contribution in [2.45, 2.75) is 45.6 Å². The van der Waals surface area contributed by atoms with Crippen molar-refractivity contribution in [1.29, 1.82) is 0 Å². The van der Waals surface area contributed by atoms with E-state index in [4.69, 9.17) is 5.73 Å². The molecule has 0 radical (unpaired) electrons. The van der Waals surface area contributed by atoms with E-state index in [9.17, 15) is 28.7 Å². The van der Waals surface area contributed by atoms with Gasteiger partial charge in [0.15, 0.2) is 0 Å². The van der Waals surface area contributed by atoms with E-state index in [-0.39, 0.29) is 13.1 Å². The number of hydrogen-bond acceptors (Lipinski definition) is 5. The number of nitrogens with one attached hydrogen (secondary N) is 2. The Labute approximate surface area is 134 Å². The zero-order valence-corrected chi connectivity index (χ0v) is 14.5. The van der Waals surface area contributed by atoms with Crippen molar-refractivity contribution in [1.82, 2.24) is 15.5 Å². The van der Waals surface area contributed by atoms with Gasteiger partial charge in [0.2, 0.25) is 17.7 Å². The SMILES string of the molecule is CCN(C(=O)[C@H](C)NC(=O)[C@H](C)NC(=O)CN)[C@@H](C)P(=O)(O)O. The highest BCUT2D eigenvalue weighted by atomic mass is 31.2. The molecule has 3 atom stereocenters. The molecule has 0 aromatic carbocycles. The molecule has 0 aromatic rings. The second kappa shape index (κ2) is 8.97. The topological polar surface area (TPSA) is 162 Å². The largest absolute Gasteiger partial charge is 0.347 e. The molecule has 23 heavy (non-hydrogen) atoms. The summed E-state index contributed by atoms with van der Waals surface area (Å²) in [4.78, 5) is 54.6. The molecule has 0 aliphatic rings. The Morgan fingerprint density at radius 3 is 2.04 bits per heavy atom. The average Bonchev–Trinajstić information content (AvgIpc) is 2.46. The average molecular weight is 352 g/mol. The Balaban J connectivity index is 4.85. The number of rotatable bonds is 8. The van der Waals surface area contributed by atoms with Crippen molar-refractivity contribution in [3.63, 3.8) is 0 Å². The lowest BCUT2D eigenvalue weighted by Crippen LogP contribution is -2.54. The van der Waals surface area contributed by atoms with Gasteiger partial charge in [-0.3, -0.25) is 18.9 Å². The minimum Gasteiger partial charge on any atom is -0.343 e. The molecule has 0 aliphatic heterocycles. The van der Waals surface area contributed by atoms with Crippen LogP contribution in [0, 0.1) is 0 Å². The molecule has 10 nitrogen and oxygen atoms in total. The van der Waals surface area contributed by atoms with Crippen LogP contribution in [0.25, 0.3) is 0 Å². The first kappa shape index (κ1) is 21.5. The maximum Gasteiger partial charge on any atom is 0.347 e. The van der Waals surface area contributed by atoms with E-state index in [1.165, 1.54) is 20.8 Å². The molecule has 3 amide bonds. The van der Waals surface area contributed by atoms with Crippen molar-refractivity contribution in [3.8, 4) is 0 Å². The lowest BCUT2D eigenvalue weighted by Gasteiger charge is -2.31. The Hall–Kier alpha value is -1.48. The fraction of sp³-hybridized carbons (Fsp3) is 0.750. The van der Waals surface area contributed by atoms with Gasteiger partial charge in [-0.1, -0.05) is 0 Å². The predicted octanol–water partition coefficient (Wildman–Crippen LogP) is -1.67. The van der Waals surface area contributed by atoms with Gasteiger partial charge < -0.3 is 31.1 Å². The molecule has 6 N–H and O–H groups in total. The van der Waals surface area contributed by atoms with Gasteiger partial charge in [0.25, 0.3) is 0 Å². The van der Waals surface area contributed by atoms with E-state index in [2.05, 4.69) is 10.6 Å². The monoisotopic (exact) mass is 352 g/mol. The summed E-state index contributed by atoms with van der Waals surface area (Å²) in [5.41, 5.74) is 5.12. The van der Waals surface area contributed by atoms with Gasteiger partial charge in [0.05, 0.1) is 6.54 Å². The Kier molecular flexibility index (Phi) is 8.39. The van der Waals surface area contributed by atoms with E-state index in [1.807, 2.05) is 0 Å². The molecule has 0 saturated heterocycles. The molecule has 11 heteroatoms. The van der Waals surface area contributed by atoms with E-state index in [0.717, 1.165) is 4.90 Å². The van der Waals surface area contributed by atoms with Crippen molar-refractivity contribution >= 4 is 25.3 Å². The fourth-order valence-electron chi connectivity index (χ4n) is 1.80. The van der Waals surface area contributed by atoms with Gasteiger partial charge in [0, 0.05) is 6.54 Å². The highest BCUT2D eigenvalue weighted by molar-refractivity contribution is 7.52. The summed E-state index contributed by atoms with van der Waals surface area (Å²) < 4.78 is 11.3. The van der Waals surface area contributed by atoms with E-state index >= 15 is 0 Å². The van der Waals surface area contributed by atoms with Crippen LogP contribution in [-0.4, -0.2) is 63.4 Å². The van der Waals surface area contributed by atoms with Gasteiger partial charge in [-0.05, 0) is 27.7 Å². The van der Waals surface area contributed by atoms with Crippen molar-refractivity contribution < 1.29 is 28.7 Å². The quantitative estimate of drug-likeness (QED) is 0.326. The minimum absolute atomic E-state index is 0.0742. The number of carbonyl (C=O) groups excluding carboxylic acids is 3. The Morgan fingerprint density at radius 1 is 1.13 bits per heavy atom. The number of amides is 3. The standard InChI is InChI=1S/C12H25N4O6P/c1-5-16(9(4)23(20,21)22)12(19)8(3)15-11(18)7(2)14-10(17)6-13/h7-9H,5-6,13H2,1-4H3,(H,14,17)(H,15,18)(H2,20,21,22)/t7-,8-,9+/m0/s1. The first-order valence-corrected chi connectivity index (χ1v) is 8.79.